The summed E-state index contributed by atoms with van der Waals surface area (Å²) in [4.78, 5) is 22.6. The van der Waals surface area contributed by atoms with E-state index < -0.39 is 10.8 Å². The lowest BCUT2D eigenvalue weighted by Gasteiger charge is -2.13. The van der Waals surface area contributed by atoms with Crippen molar-refractivity contribution >= 4 is 28.9 Å². The van der Waals surface area contributed by atoms with Crippen LogP contribution in [0, 0.1) is 10.1 Å². The Bertz CT molecular complexity index is 795. The number of carbonyl (C=O) groups is 1. The third-order valence-corrected chi connectivity index (χ3v) is 3.53. The van der Waals surface area contributed by atoms with E-state index in [1.807, 2.05) is 13.8 Å². The predicted octanol–water partition coefficient (Wildman–Crippen LogP) is 4.30. The van der Waals surface area contributed by atoms with Crippen LogP contribution in [0.5, 0.6) is 11.5 Å². The summed E-state index contributed by atoms with van der Waals surface area (Å²) < 4.78 is 11.0. The Morgan fingerprint density at radius 2 is 1.80 bits per heavy atom. The average Bonchev–Trinajstić information content (AvgIpc) is 2.57. The smallest absolute Gasteiger partial charge is 0.288 e. The first-order valence-electron chi connectivity index (χ1n) is 7.61. The molecule has 0 saturated heterocycles. The van der Waals surface area contributed by atoms with Gasteiger partial charge in [0.1, 0.15) is 5.02 Å². The first-order valence-corrected chi connectivity index (χ1v) is 7.99. The summed E-state index contributed by atoms with van der Waals surface area (Å²) in [5.74, 6) is 0.583. The summed E-state index contributed by atoms with van der Waals surface area (Å²) in [6.45, 7) is 4.63. The summed E-state index contributed by atoms with van der Waals surface area (Å²) in [5.41, 5.74) is 0.286. The van der Waals surface area contributed by atoms with Crippen molar-refractivity contribution in [3.8, 4) is 11.5 Å². The Kier molecular flexibility index (Phi) is 6.19. The third kappa shape index (κ3) is 4.60. The van der Waals surface area contributed by atoms with Crippen LogP contribution in [-0.2, 0) is 0 Å². The number of carbonyl (C=O) groups excluding carboxylic acids is 1. The van der Waals surface area contributed by atoms with E-state index in [1.165, 1.54) is 12.1 Å². The molecule has 2 aromatic rings. The van der Waals surface area contributed by atoms with Crippen LogP contribution in [0.3, 0.4) is 0 Å². The van der Waals surface area contributed by atoms with Gasteiger partial charge in [-0.05, 0) is 38.1 Å². The second kappa shape index (κ2) is 8.34. The van der Waals surface area contributed by atoms with Gasteiger partial charge >= 0.3 is 0 Å². The molecule has 1 N–H and O–H groups in total. The lowest BCUT2D eigenvalue weighted by molar-refractivity contribution is -0.384. The monoisotopic (exact) mass is 364 g/mol. The molecule has 0 aliphatic carbocycles. The molecule has 0 aliphatic heterocycles. The van der Waals surface area contributed by atoms with E-state index in [0.29, 0.717) is 30.4 Å². The van der Waals surface area contributed by atoms with Gasteiger partial charge in [0.2, 0.25) is 0 Å². The second-order valence-corrected chi connectivity index (χ2v) is 5.31. The maximum atomic E-state index is 12.3. The minimum absolute atomic E-state index is 0.0266. The van der Waals surface area contributed by atoms with Crippen LogP contribution in [0.15, 0.2) is 36.4 Å². The molecule has 0 radical (unpaired) electrons. The Morgan fingerprint density at radius 1 is 1.12 bits per heavy atom. The molecule has 0 fully saturated rings. The first kappa shape index (κ1) is 18.5. The van der Waals surface area contributed by atoms with Crippen LogP contribution in [0.25, 0.3) is 0 Å². The molecule has 0 aliphatic rings. The van der Waals surface area contributed by atoms with Gasteiger partial charge in [-0.3, -0.25) is 14.9 Å². The highest BCUT2D eigenvalue weighted by Crippen LogP contribution is 2.31. The van der Waals surface area contributed by atoms with E-state index in [2.05, 4.69) is 5.32 Å². The summed E-state index contributed by atoms with van der Waals surface area (Å²) in [5, 5.41) is 13.6. The number of rotatable bonds is 7. The van der Waals surface area contributed by atoms with Crippen LogP contribution in [-0.4, -0.2) is 24.0 Å². The van der Waals surface area contributed by atoms with E-state index in [4.69, 9.17) is 21.1 Å². The van der Waals surface area contributed by atoms with Gasteiger partial charge in [0, 0.05) is 23.4 Å². The molecule has 0 atom stereocenters. The molecule has 25 heavy (non-hydrogen) atoms. The molecular weight excluding hydrogens is 348 g/mol. The zero-order chi connectivity index (χ0) is 18.4. The van der Waals surface area contributed by atoms with Gasteiger partial charge in [-0.1, -0.05) is 11.6 Å². The van der Waals surface area contributed by atoms with Crippen molar-refractivity contribution in [2.24, 2.45) is 0 Å². The molecular formula is C17H17ClN2O5. The van der Waals surface area contributed by atoms with E-state index in [-0.39, 0.29) is 16.3 Å². The van der Waals surface area contributed by atoms with E-state index in [9.17, 15) is 14.9 Å². The van der Waals surface area contributed by atoms with E-state index >= 15 is 0 Å². The molecule has 2 rings (SSSR count). The zero-order valence-corrected chi connectivity index (χ0v) is 14.5. The van der Waals surface area contributed by atoms with Gasteiger partial charge in [-0.25, -0.2) is 0 Å². The fourth-order valence-electron chi connectivity index (χ4n) is 2.13. The number of anilines is 1. The van der Waals surface area contributed by atoms with Crippen molar-refractivity contribution in [2.45, 2.75) is 13.8 Å². The molecule has 0 saturated carbocycles. The molecule has 132 valence electrons. The van der Waals surface area contributed by atoms with Crippen molar-refractivity contribution in [1.29, 1.82) is 0 Å². The summed E-state index contributed by atoms with van der Waals surface area (Å²) in [6, 6.07) is 8.86. The van der Waals surface area contributed by atoms with Crippen LogP contribution in [0.2, 0.25) is 5.02 Å². The lowest BCUT2D eigenvalue weighted by atomic mass is 10.2. The molecule has 1 amide bonds. The van der Waals surface area contributed by atoms with Crippen LogP contribution in [0.4, 0.5) is 11.4 Å². The summed E-state index contributed by atoms with van der Waals surface area (Å²) >= 11 is 5.75. The Morgan fingerprint density at radius 3 is 2.44 bits per heavy atom. The quantitative estimate of drug-likeness (QED) is 0.584. The minimum atomic E-state index is -0.636. The average molecular weight is 365 g/mol. The van der Waals surface area contributed by atoms with Crippen molar-refractivity contribution < 1.29 is 19.2 Å². The highest BCUT2D eigenvalue weighted by Gasteiger charge is 2.17. The van der Waals surface area contributed by atoms with Gasteiger partial charge < -0.3 is 14.8 Å². The molecule has 0 aromatic heterocycles. The lowest BCUT2D eigenvalue weighted by Crippen LogP contribution is -2.12. The molecule has 7 nitrogen and oxygen atoms in total. The Hall–Kier alpha value is -2.80. The van der Waals surface area contributed by atoms with E-state index in [1.54, 1.807) is 18.2 Å². The molecule has 0 heterocycles. The predicted molar refractivity (Wildman–Crippen MR) is 94.8 cm³/mol. The van der Waals surface area contributed by atoms with Crippen LogP contribution >= 0.6 is 11.6 Å². The summed E-state index contributed by atoms with van der Waals surface area (Å²) in [6.07, 6.45) is 0. The number of halogens is 1. The number of nitro groups is 1. The van der Waals surface area contributed by atoms with Crippen LogP contribution < -0.4 is 14.8 Å². The van der Waals surface area contributed by atoms with Gasteiger partial charge in [0.15, 0.2) is 11.5 Å². The fraction of sp³-hybridized carbons (Fsp3) is 0.235. The van der Waals surface area contributed by atoms with Crippen molar-refractivity contribution in [1.82, 2.24) is 0 Å². The van der Waals surface area contributed by atoms with Crippen LogP contribution in [0.1, 0.15) is 24.2 Å². The van der Waals surface area contributed by atoms with Gasteiger partial charge in [-0.15, -0.1) is 0 Å². The molecule has 8 heteroatoms. The third-order valence-electron chi connectivity index (χ3n) is 3.21. The SMILES string of the molecule is CCOc1ccc(NC(=O)c2ccc(Cl)c([N+](=O)[O-])c2)cc1OCC. The number of benzene rings is 2. The largest absolute Gasteiger partial charge is 0.490 e. The zero-order valence-electron chi connectivity index (χ0n) is 13.7. The maximum absolute atomic E-state index is 12.3. The van der Waals surface area contributed by atoms with Gasteiger partial charge in [-0.2, -0.15) is 0 Å². The Balaban J connectivity index is 2.24. The molecule has 0 spiro atoms. The van der Waals surface area contributed by atoms with Crippen molar-refractivity contribution in [3.63, 3.8) is 0 Å². The Labute approximate surface area is 149 Å². The highest BCUT2D eigenvalue weighted by molar-refractivity contribution is 6.32. The van der Waals surface area contributed by atoms with Gasteiger partial charge in [0.25, 0.3) is 11.6 Å². The molecule has 0 bridgehead atoms. The number of nitro benzene ring substituents is 1. The fourth-order valence-corrected chi connectivity index (χ4v) is 2.31. The summed E-state index contributed by atoms with van der Waals surface area (Å²) in [7, 11) is 0. The van der Waals surface area contributed by atoms with Gasteiger partial charge in [0.05, 0.1) is 18.1 Å². The van der Waals surface area contributed by atoms with E-state index in [0.717, 1.165) is 6.07 Å². The van der Waals surface area contributed by atoms with Crippen molar-refractivity contribution in [2.75, 3.05) is 18.5 Å². The number of ether oxygens (including phenoxy) is 2. The number of amides is 1. The second-order valence-electron chi connectivity index (χ2n) is 4.90. The molecule has 0 unspecified atom stereocenters. The molecule has 2 aromatic carbocycles. The highest BCUT2D eigenvalue weighted by atomic mass is 35.5. The number of nitrogens with one attached hydrogen (secondary N) is 1. The maximum Gasteiger partial charge on any atom is 0.288 e. The topological polar surface area (TPSA) is 90.7 Å². The minimum Gasteiger partial charge on any atom is -0.490 e. The number of nitrogens with zero attached hydrogens (tertiary/aromatic N) is 1. The van der Waals surface area contributed by atoms with Crippen molar-refractivity contribution in [3.05, 3.63) is 57.1 Å². The standard InChI is InChI=1S/C17H17ClN2O5/c1-3-24-15-8-6-12(10-16(15)25-4-2)19-17(21)11-5-7-13(18)14(9-11)20(22)23/h5-10H,3-4H2,1-2H3,(H,19,21). The first-order chi connectivity index (χ1) is 12.0. The normalized spacial score (nSPS) is 10.2. The number of hydrogen-bond acceptors (Lipinski definition) is 5. The number of hydrogen-bond donors (Lipinski definition) is 1.